The number of nitrogens with two attached hydrogens (primary N) is 1. The highest BCUT2D eigenvalue weighted by atomic mass is 16.7. The zero-order valence-electron chi connectivity index (χ0n) is 21.3. The summed E-state index contributed by atoms with van der Waals surface area (Å²) in [6.07, 6.45) is -1.26. The number of hydrogen-bond donors (Lipinski definition) is 5. The second-order valence-corrected chi connectivity index (χ2v) is 10.8. The van der Waals surface area contributed by atoms with Crippen molar-refractivity contribution in [3.8, 4) is 28.4 Å². The van der Waals surface area contributed by atoms with Crippen molar-refractivity contribution in [2.75, 3.05) is 25.8 Å². The van der Waals surface area contributed by atoms with Gasteiger partial charge in [-0.25, -0.2) is 0 Å². The van der Waals surface area contributed by atoms with E-state index in [2.05, 4.69) is 0 Å². The van der Waals surface area contributed by atoms with Gasteiger partial charge in [-0.2, -0.15) is 0 Å². The summed E-state index contributed by atoms with van der Waals surface area (Å²) in [5, 5.41) is 44.9. The molecule has 0 spiro atoms. The minimum absolute atomic E-state index is 0.0326. The average Bonchev–Trinajstić information content (AvgIpc) is 3.34. The Hall–Kier alpha value is -4.09. The predicted molar refractivity (Wildman–Crippen MR) is 137 cm³/mol. The standard InChI is InChI=1S/C28H28N2O9/c1-30(2)16-9-14(11-3-4-18-19(7-11)39-10-38-18)23(32)21-15(16)6-12-5-13-8-17(31)22(27(29)36)26(35)28(13,37)25(34)20(12)24(21)33/h3-4,7,9,12-13,17,22,31-33,37H,5-6,8,10H2,1-2H3,(H2,29,36)/t12-,13+,17?,22?,28+/m1/s1. The number of amides is 1. The molecule has 3 aliphatic carbocycles. The number of fused-ring (bicyclic) bond motifs is 4. The summed E-state index contributed by atoms with van der Waals surface area (Å²) in [7, 11) is 3.63. The van der Waals surface area contributed by atoms with Crippen LogP contribution in [0.1, 0.15) is 24.0 Å². The summed E-state index contributed by atoms with van der Waals surface area (Å²) in [5.41, 5.74) is 4.78. The second-order valence-electron chi connectivity index (χ2n) is 10.8. The predicted octanol–water partition coefficient (Wildman–Crippen LogP) is 1.05. The number of primary amides is 1. The number of rotatable bonds is 3. The molecule has 0 aromatic heterocycles. The van der Waals surface area contributed by atoms with Crippen LogP contribution in [-0.4, -0.2) is 70.5 Å². The Labute approximate surface area is 223 Å². The van der Waals surface area contributed by atoms with Gasteiger partial charge in [0.15, 0.2) is 22.9 Å². The first-order chi connectivity index (χ1) is 18.4. The summed E-state index contributed by atoms with van der Waals surface area (Å²) in [4.78, 5) is 40.7. The monoisotopic (exact) mass is 536 g/mol. The third-order valence-corrected chi connectivity index (χ3v) is 8.53. The zero-order chi connectivity index (χ0) is 28.0. The molecule has 204 valence electrons. The molecule has 11 nitrogen and oxygen atoms in total. The second kappa shape index (κ2) is 8.45. The van der Waals surface area contributed by atoms with Crippen molar-refractivity contribution < 1.29 is 44.3 Å². The molecule has 2 fully saturated rings. The number of nitrogens with zero attached hydrogens (tertiary/aromatic N) is 1. The van der Waals surface area contributed by atoms with E-state index < -0.39 is 52.7 Å². The highest BCUT2D eigenvalue weighted by molar-refractivity contribution is 6.24. The van der Waals surface area contributed by atoms with Gasteiger partial charge in [-0.1, -0.05) is 6.07 Å². The van der Waals surface area contributed by atoms with Crippen LogP contribution in [0, 0.1) is 17.8 Å². The molecule has 4 aliphatic rings. The molecule has 1 amide bonds. The lowest BCUT2D eigenvalue weighted by molar-refractivity contribution is -0.174. The van der Waals surface area contributed by atoms with Gasteiger partial charge >= 0.3 is 0 Å². The molecule has 0 radical (unpaired) electrons. The van der Waals surface area contributed by atoms with Crippen LogP contribution in [0.2, 0.25) is 0 Å². The average molecular weight is 537 g/mol. The fourth-order valence-electron chi connectivity index (χ4n) is 6.66. The molecule has 39 heavy (non-hydrogen) atoms. The van der Waals surface area contributed by atoms with Gasteiger partial charge in [-0.05, 0) is 54.5 Å². The summed E-state index contributed by atoms with van der Waals surface area (Å²) in [5.74, 6) is -6.38. The fourth-order valence-corrected chi connectivity index (χ4v) is 6.66. The van der Waals surface area contributed by atoms with E-state index in [0.29, 0.717) is 33.9 Å². The number of Topliss-reactive ketones (excluding diaryl/α,β-unsaturated/α-hetero) is 2. The van der Waals surface area contributed by atoms with E-state index in [-0.39, 0.29) is 42.9 Å². The maximum Gasteiger partial charge on any atom is 0.231 e. The van der Waals surface area contributed by atoms with E-state index in [0.717, 1.165) is 0 Å². The lowest BCUT2D eigenvalue weighted by Gasteiger charge is -2.48. The summed E-state index contributed by atoms with van der Waals surface area (Å²) >= 11 is 0. The number of phenolic OH excluding ortho intramolecular Hbond substituents is 1. The van der Waals surface area contributed by atoms with E-state index in [4.69, 9.17) is 15.2 Å². The maximum atomic E-state index is 13.8. The Morgan fingerprint density at radius 1 is 1.10 bits per heavy atom. The number of aliphatic hydroxyl groups excluding tert-OH is 2. The van der Waals surface area contributed by atoms with E-state index in [1.807, 2.05) is 19.0 Å². The molecule has 2 unspecified atom stereocenters. The Kier molecular flexibility index (Phi) is 5.46. The third kappa shape index (κ3) is 3.39. The van der Waals surface area contributed by atoms with Crippen molar-refractivity contribution in [2.24, 2.45) is 23.5 Å². The molecule has 2 aromatic carbocycles. The third-order valence-electron chi connectivity index (χ3n) is 8.53. The number of ether oxygens (including phenoxy) is 2. The van der Waals surface area contributed by atoms with Crippen molar-refractivity contribution in [3.63, 3.8) is 0 Å². The van der Waals surface area contributed by atoms with Crippen LogP contribution in [0.4, 0.5) is 5.69 Å². The molecule has 6 N–H and O–H groups in total. The lowest BCUT2D eigenvalue weighted by atomic mass is 9.56. The van der Waals surface area contributed by atoms with E-state index >= 15 is 0 Å². The number of carbonyl (C=O) groups excluding carboxylic acids is 3. The maximum absolute atomic E-state index is 13.8. The Bertz CT molecular complexity index is 1500. The number of hydrogen-bond acceptors (Lipinski definition) is 10. The van der Waals surface area contributed by atoms with Crippen molar-refractivity contribution in [1.29, 1.82) is 0 Å². The van der Waals surface area contributed by atoms with E-state index in [1.165, 1.54) is 0 Å². The largest absolute Gasteiger partial charge is 0.507 e. The normalized spacial score (nSPS) is 29.0. The smallest absolute Gasteiger partial charge is 0.231 e. The van der Waals surface area contributed by atoms with Gasteiger partial charge < -0.3 is 40.5 Å². The fraction of sp³-hybridized carbons (Fsp3) is 0.393. The molecule has 0 bridgehead atoms. The zero-order valence-corrected chi connectivity index (χ0v) is 21.3. The number of benzene rings is 2. The van der Waals surface area contributed by atoms with Gasteiger partial charge in [-0.3, -0.25) is 14.4 Å². The van der Waals surface area contributed by atoms with Crippen LogP contribution >= 0.6 is 0 Å². The lowest BCUT2D eigenvalue weighted by Crippen LogP contribution is -2.66. The van der Waals surface area contributed by atoms with Crippen molar-refractivity contribution in [1.82, 2.24) is 0 Å². The van der Waals surface area contributed by atoms with E-state index in [9.17, 15) is 34.8 Å². The Balaban J connectivity index is 1.53. The molecule has 11 heteroatoms. The molecule has 6 rings (SSSR count). The van der Waals surface area contributed by atoms with Gasteiger partial charge in [0.2, 0.25) is 18.5 Å². The Morgan fingerprint density at radius 2 is 1.82 bits per heavy atom. The quantitative estimate of drug-likeness (QED) is 0.356. The summed E-state index contributed by atoms with van der Waals surface area (Å²) < 4.78 is 10.8. The molecule has 0 saturated heterocycles. The SMILES string of the molecule is CN(C)c1cc(-c2ccc3c(c2)OCO3)c(O)c2c1C[C@H]1C[C@H]3CC(O)C(C(N)=O)C(=O)[C@@]3(O)C(=O)C1=C2O. The molecule has 2 saturated carbocycles. The van der Waals surface area contributed by atoms with Gasteiger partial charge in [0.1, 0.15) is 17.4 Å². The first kappa shape index (κ1) is 25.2. The minimum atomic E-state index is -2.62. The van der Waals surface area contributed by atoms with Crippen molar-refractivity contribution in [2.45, 2.75) is 31.0 Å². The number of ketones is 2. The minimum Gasteiger partial charge on any atom is -0.507 e. The number of anilines is 1. The number of aliphatic hydroxyl groups is 3. The molecule has 5 atom stereocenters. The van der Waals surface area contributed by atoms with Crippen LogP contribution < -0.4 is 20.1 Å². The van der Waals surface area contributed by atoms with Gasteiger partial charge in [0.25, 0.3) is 0 Å². The first-order valence-corrected chi connectivity index (χ1v) is 12.6. The molecular formula is C28H28N2O9. The number of carbonyl (C=O) groups is 3. The van der Waals surface area contributed by atoms with Crippen LogP contribution in [-0.2, 0) is 20.8 Å². The van der Waals surface area contributed by atoms with Gasteiger partial charge in [0.05, 0.1) is 11.7 Å². The van der Waals surface area contributed by atoms with Crippen LogP contribution in [0.5, 0.6) is 17.2 Å². The molecule has 1 aliphatic heterocycles. The van der Waals surface area contributed by atoms with Crippen LogP contribution in [0.15, 0.2) is 29.8 Å². The molecule has 1 heterocycles. The first-order valence-electron chi connectivity index (χ1n) is 12.6. The number of phenols is 1. The molecular weight excluding hydrogens is 508 g/mol. The van der Waals surface area contributed by atoms with Gasteiger partial charge in [0, 0.05) is 36.8 Å². The van der Waals surface area contributed by atoms with Crippen molar-refractivity contribution in [3.05, 3.63) is 41.0 Å². The highest BCUT2D eigenvalue weighted by Crippen LogP contribution is 2.54. The molecule has 2 aromatic rings. The van der Waals surface area contributed by atoms with Crippen LogP contribution in [0.3, 0.4) is 0 Å². The van der Waals surface area contributed by atoms with E-state index in [1.54, 1.807) is 24.3 Å². The topological polar surface area (TPSA) is 180 Å². The van der Waals surface area contributed by atoms with Crippen molar-refractivity contribution >= 4 is 28.9 Å². The van der Waals surface area contributed by atoms with Crippen LogP contribution in [0.25, 0.3) is 16.9 Å². The van der Waals surface area contributed by atoms with Gasteiger partial charge in [-0.15, -0.1) is 0 Å². The Morgan fingerprint density at radius 3 is 2.51 bits per heavy atom. The highest BCUT2D eigenvalue weighted by Gasteiger charge is 2.64. The number of aromatic hydroxyl groups is 1. The summed E-state index contributed by atoms with van der Waals surface area (Å²) in [6.45, 7) is 0.0740. The summed E-state index contributed by atoms with van der Waals surface area (Å²) in [6, 6.07) is 6.93.